The van der Waals surface area contributed by atoms with Crippen LogP contribution in [-0.4, -0.2) is 17.7 Å². The van der Waals surface area contributed by atoms with Gasteiger partial charge in [0, 0.05) is 12.8 Å². The van der Waals surface area contributed by atoms with E-state index in [1.807, 2.05) is 43.3 Å². The molecule has 0 spiro atoms. The Balaban J connectivity index is 1.67. The van der Waals surface area contributed by atoms with Gasteiger partial charge in [-0.2, -0.15) is 0 Å². The van der Waals surface area contributed by atoms with E-state index in [1.54, 1.807) is 0 Å². The lowest BCUT2D eigenvalue weighted by Gasteiger charge is -2.52. The predicted molar refractivity (Wildman–Crippen MR) is 107 cm³/mol. The van der Waals surface area contributed by atoms with Gasteiger partial charge in [0.25, 0.3) is 0 Å². The molecule has 2 aromatic carbocycles. The third-order valence-electron chi connectivity index (χ3n) is 6.00. The second-order valence-electron chi connectivity index (χ2n) is 7.95. The number of carbonyl (C=O) groups excluding carboxylic acids is 1. The molecule has 0 aromatic heterocycles. The van der Waals surface area contributed by atoms with Gasteiger partial charge in [-0.15, -0.1) is 0 Å². The second kappa shape index (κ2) is 7.53. The molecule has 4 heteroatoms. The number of fused-ring (bicyclic) bond motifs is 2. The standard InChI is InChI=1S/C24H26O4/c1-18(25)26-23(2)15-14-21-17-22(23)27-28-24(21,20-11-7-4-8-12-20)16-13-19-9-5-3-6-10-19/h3-13,16,21-22H,14-15,17H2,1-2H3/b16-13-/t21?,22?,23?,24-/m1/s1. The van der Waals surface area contributed by atoms with Crippen LogP contribution in [0.15, 0.2) is 66.7 Å². The zero-order valence-corrected chi connectivity index (χ0v) is 16.3. The fourth-order valence-corrected chi connectivity index (χ4v) is 4.46. The molecule has 2 fully saturated rings. The van der Waals surface area contributed by atoms with E-state index in [2.05, 4.69) is 36.4 Å². The Morgan fingerprint density at radius 1 is 1.11 bits per heavy atom. The van der Waals surface area contributed by atoms with E-state index < -0.39 is 11.2 Å². The maximum atomic E-state index is 11.6. The molecule has 1 heterocycles. The van der Waals surface area contributed by atoms with Gasteiger partial charge in [-0.05, 0) is 43.4 Å². The minimum Gasteiger partial charge on any atom is -0.457 e. The normalized spacial score (nSPS) is 32.2. The zero-order valence-electron chi connectivity index (χ0n) is 16.3. The van der Waals surface area contributed by atoms with Gasteiger partial charge in [0.1, 0.15) is 17.3 Å². The highest BCUT2D eigenvalue weighted by atomic mass is 17.2. The van der Waals surface area contributed by atoms with E-state index in [4.69, 9.17) is 14.5 Å². The van der Waals surface area contributed by atoms with Crippen LogP contribution >= 0.6 is 0 Å². The first-order chi connectivity index (χ1) is 13.5. The van der Waals surface area contributed by atoms with Crippen LogP contribution in [0.3, 0.4) is 0 Å². The van der Waals surface area contributed by atoms with Gasteiger partial charge in [-0.3, -0.25) is 4.79 Å². The molecule has 4 nitrogen and oxygen atoms in total. The Morgan fingerprint density at radius 2 is 1.79 bits per heavy atom. The third kappa shape index (κ3) is 3.50. The number of carbonyl (C=O) groups is 1. The molecule has 0 N–H and O–H groups in total. The first-order valence-corrected chi connectivity index (χ1v) is 9.86. The SMILES string of the molecule is CC(=O)OC1(C)CCC2CC1OO[C@]2(/C=C\c1ccccc1)c1ccccc1. The highest BCUT2D eigenvalue weighted by Gasteiger charge is 2.55. The van der Waals surface area contributed by atoms with E-state index in [9.17, 15) is 4.79 Å². The first kappa shape index (κ1) is 18.9. The number of ether oxygens (including phenoxy) is 1. The average molecular weight is 378 g/mol. The maximum absolute atomic E-state index is 11.6. The monoisotopic (exact) mass is 378 g/mol. The molecule has 4 atom stereocenters. The van der Waals surface area contributed by atoms with Crippen molar-refractivity contribution in [3.63, 3.8) is 0 Å². The summed E-state index contributed by atoms with van der Waals surface area (Å²) in [6.45, 7) is 3.38. The summed E-state index contributed by atoms with van der Waals surface area (Å²) in [5.74, 6) is -0.0503. The Bertz CT molecular complexity index is 847. The number of esters is 1. The average Bonchev–Trinajstić information content (AvgIpc) is 2.71. The summed E-state index contributed by atoms with van der Waals surface area (Å²) in [7, 11) is 0. The minimum atomic E-state index is -0.662. The molecule has 146 valence electrons. The molecule has 3 unspecified atom stereocenters. The van der Waals surface area contributed by atoms with E-state index >= 15 is 0 Å². The largest absolute Gasteiger partial charge is 0.457 e. The molecule has 2 aliphatic rings. The molecule has 28 heavy (non-hydrogen) atoms. The lowest BCUT2D eigenvalue weighted by Crippen LogP contribution is -2.57. The molecule has 2 aromatic rings. The number of hydrogen-bond donors (Lipinski definition) is 0. The van der Waals surface area contributed by atoms with Crippen LogP contribution in [0.5, 0.6) is 0 Å². The second-order valence-corrected chi connectivity index (χ2v) is 7.95. The van der Waals surface area contributed by atoms with Crippen LogP contribution < -0.4 is 0 Å². The summed E-state index contributed by atoms with van der Waals surface area (Å²) in [6, 6.07) is 20.4. The third-order valence-corrected chi connectivity index (χ3v) is 6.00. The van der Waals surface area contributed by atoms with Gasteiger partial charge in [0.2, 0.25) is 0 Å². The van der Waals surface area contributed by atoms with Crippen LogP contribution in [-0.2, 0) is 24.9 Å². The van der Waals surface area contributed by atoms with Crippen molar-refractivity contribution in [3.05, 3.63) is 77.9 Å². The molecule has 1 aliphatic heterocycles. The molecular weight excluding hydrogens is 352 g/mol. The lowest BCUT2D eigenvalue weighted by atomic mass is 9.67. The van der Waals surface area contributed by atoms with E-state index in [0.29, 0.717) is 0 Å². The molecule has 1 saturated heterocycles. The maximum Gasteiger partial charge on any atom is 0.303 e. The molecule has 2 bridgehead atoms. The van der Waals surface area contributed by atoms with Gasteiger partial charge in [0.15, 0.2) is 0 Å². The van der Waals surface area contributed by atoms with Gasteiger partial charge >= 0.3 is 5.97 Å². The van der Waals surface area contributed by atoms with Crippen LogP contribution in [0.4, 0.5) is 0 Å². The van der Waals surface area contributed by atoms with E-state index in [-0.39, 0.29) is 18.0 Å². The summed E-state index contributed by atoms with van der Waals surface area (Å²) in [6.07, 6.45) is 6.36. The van der Waals surface area contributed by atoms with Crippen LogP contribution in [0.25, 0.3) is 6.08 Å². The Kier molecular flexibility index (Phi) is 5.09. The Hall–Kier alpha value is -2.43. The quantitative estimate of drug-likeness (QED) is 0.552. The molecule has 4 rings (SSSR count). The fourth-order valence-electron chi connectivity index (χ4n) is 4.46. The van der Waals surface area contributed by atoms with Crippen molar-refractivity contribution in [2.45, 2.75) is 50.4 Å². The summed E-state index contributed by atoms with van der Waals surface area (Å²) < 4.78 is 5.61. The molecule has 0 amide bonds. The zero-order chi connectivity index (χ0) is 19.6. The number of benzene rings is 2. The van der Waals surface area contributed by atoms with Crippen molar-refractivity contribution in [2.75, 3.05) is 0 Å². The molecule has 1 saturated carbocycles. The highest BCUT2D eigenvalue weighted by molar-refractivity contribution is 5.66. The molecule has 0 radical (unpaired) electrons. The van der Waals surface area contributed by atoms with E-state index in [1.165, 1.54) is 6.92 Å². The molecular formula is C24H26O4. The van der Waals surface area contributed by atoms with Crippen molar-refractivity contribution >= 4 is 12.0 Å². The Morgan fingerprint density at radius 3 is 2.46 bits per heavy atom. The lowest BCUT2D eigenvalue weighted by molar-refractivity contribution is -0.443. The van der Waals surface area contributed by atoms with E-state index in [0.717, 1.165) is 30.4 Å². The van der Waals surface area contributed by atoms with Gasteiger partial charge in [-0.25, -0.2) is 9.78 Å². The van der Waals surface area contributed by atoms with Crippen molar-refractivity contribution in [1.29, 1.82) is 0 Å². The topological polar surface area (TPSA) is 44.8 Å². The first-order valence-electron chi connectivity index (χ1n) is 9.86. The van der Waals surface area contributed by atoms with Crippen molar-refractivity contribution in [1.82, 2.24) is 0 Å². The van der Waals surface area contributed by atoms with Gasteiger partial charge < -0.3 is 4.74 Å². The predicted octanol–water partition coefficient (Wildman–Crippen LogP) is 5.05. The summed E-state index contributed by atoms with van der Waals surface area (Å²) in [5.41, 5.74) is 0.880. The summed E-state index contributed by atoms with van der Waals surface area (Å²) >= 11 is 0. The summed E-state index contributed by atoms with van der Waals surface area (Å²) in [4.78, 5) is 23.6. The van der Waals surface area contributed by atoms with Crippen molar-refractivity contribution in [3.8, 4) is 0 Å². The van der Waals surface area contributed by atoms with Crippen LogP contribution in [0.1, 0.15) is 44.2 Å². The minimum absolute atomic E-state index is 0.234. The van der Waals surface area contributed by atoms with Crippen LogP contribution in [0.2, 0.25) is 0 Å². The fraction of sp³-hybridized carbons (Fsp3) is 0.375. The van der Waals surface area contributed by atoms with Gasteiger partial charge in [0.05, 0.1) is 0 Å². The number of hydrogen-bond acceptors (Lipinski definition) is 4. The summed E-state index contributed by atoms with van der Waals surface area (Å²) in [5, 5.41) is 0. The highest BCUT2D eigenvalue weighted by Crippen LogP contribution is 2.51. The number of rotatable bonds is 4. The molecule has 1 aliphatic carbocycles. The smallest absolute Gasteiger partial charge is 0.303 e. The van der Waals surface area contributed by atoms with Gasteiger partial charge in [-0.1, -0.05) is 66.7 Å². The van der Waals surface area contributed by atoms with Crippen molar-refractivity contribution in [2.24, 2.45) is 5.92 Å². The van der Waals surface area contributed by atoms with Crippen molar-refractivity contribution < 1.29 is 19.3 Å². The van der Waals surface area contributed by atoms with Crippen LogP contribution in [0, 0.1) is 5.92 Å². The Labute approximate surface area is 166 Å².